The van der Waals surface area contributed by atoms with Gasteiger partial charge in [-0.2, -0.15) is 0 Å². The highest BCUT2D eigenvalue weighted by Crippen LogP contribution is 2.17. The smallest absolute Gasteiger partial charge is 0.329 e. The van der Waals surface area contributed by atoms with E-state index in [-0.39, 0.29) is 0 Å². The van der Waals surface area contributed by atoms with E-state index in [0.717, 1.165) is 0 Å². The van der Waals surface area contributed by atoms with Crippen molar-refractivity contribution in [3.63, 3.8) is 0 Å². The molecule has 1 rings (SSSR count). The quantitative estimate of drug-likeness (QED) is 0.440. The van der Waals surface area contributed by atoms with Crippen molar-refractivity contribution >= 4 is 17.6 Å². The molecule has 76 valence electrons. The Kier molecular flexibility index (Phi) is 3.77. The zero-order chi connectivity index (χ0) is 10.6. The fourth-order valence-electron chi connectivity index (χ4n) is 0.841. The molecule has 0 bridgehead atoms. The first-order chi connectivity index (χ1) is 6.63. The average Bonchev–Trinajstić information content (AvgIpc) is 2.19. The fourth-order valence-corrected chi connectivity index (χ4v) is 0.886. The van der Waals surface area contributed by atoms with Crippen LogP contribution in [0.25, 0.3) is 0 Å². The summed E-state index contributed by atoms with van der Waals surface area (Å²) in [4.78, 5) is 11.1. The van der Waals surface area contributed by atoms with Crippen LogP contribution in [0.1, 0.15) is 6.92 Å². The molecule has 1 aromatic rings. The third-order valence-corrected chi connectivity index (χ3v) is 1.78. The van der Waals surface area contributed by atoms with E-state index >= 15 is 0 Å². The molecule has 0 spiro atoms. The van der Waals surface area contributed by atoms with Crippen LogP contribution in [-0.4, -0.2) is 18.5 Å². The number of carbonyl (C=O) groups excluding carboxylic acids is 1. The van der Waals surface area contributed by atoms with Crippen molar-refractivity contribution in [3.8, 4) is 11.5 Å². The normalized spacial score (nSPS) is 11.9. The van der Waals surface area contributed by atoms with Gasteiger partial charge in [-0.05, 0) is 31.2 Å². The lowest BCUT2D eigenvalue weighted by atomic mass is 10.3. The van der Waals surface area contributed by atoms with Crippen LogP contribution in [0.15, 0.2) is 24.3 Å². The third-order valence-electron chi connectivity index (χ3n) is 1.60. The Morgan fingerprint density at radius 3 is 2.21 bits per heavy atom. The van der Waals surface area contributed by atoms with Gasteiger partial charge in [-0.15, -0.1) is 11.6 Å². The van der Waals surface area contributed by atoms with E-state index in [2.05, 4.69) is 0 Å². The van der Waals surface area contributed by atoms with Gasteiger partial charge in [-0.1, -0.05) is 0 Å². The number of benzene rings is 1. The maximum atomic E-state index is 11.1. The summed E-state index contributed by atoms with van der Waals surface area (Å²) in [5, 5.41) is -0.642. The molecule has 0 N–H and O–H groups in total. The van der Waals surface area contributed by atoms with Crippen molar-refractivity contribution < 1.29 is 14.3 Å². The first-order valence-corrected chi connectivity index (χ1v) is 4.57. The summed E-state index contributed by atoms with van der Waals surface area (Å²) >= 11 is 5.54. The number of methoxy groups -OCH3 is 1. The number of hydrogen-bond acceptors (Lipinski definition) is 3. The van der Waals surface area contributed by atoms with Crippen LogP contribution in [0.2, 0.25) is 0 Å². The van der Waals surface area contributed by atoms with Gasteiger partial charge in [-0.3, -0.25) is 4.79 Å². The molecule has 0 aromatic heterocycles. The van der Waals surface area contributed by atoms with E-state index in [1.807, 2.05) is 0 Å². The minimum absolute atomic E-state index is 0.461. The van der Waals surface area contributed by atoms with Crippen LogP contribution in [0.5, 0.6) is 11.5 Å². The molecule has 0 fully saturated rings. The highest BCUT2D eigenvalue weighted by molar-refractivity contribution is 6.29. The van der Waals surface area contributed by atoms with Crippen molar-refractivity contribution in [2.45, 2.75) is 12.3 Å². The standard InChI is InChI=1S/C10H11ClO3/c1-7(11)10(12)14-9-5-3-8(13-2)4-6-9/h3-7H,1-2H3. The topological polar surface area (TPSA) is 35.5 Å². The molecule has 0 amide bonds. The first kappa shape index (κ1) is 10.9. The van der Waals surface area contributed by atoms with Crippen LogP contribution in [-0.2, 0) is 4.79 Å². The lowest BCUT2D eigenvalue weighted by Gasteiger charge is -2.05. The Hall–Kier alpha value is -1.22. The highest BCUT2D eigenvalue weighted by Gasteiger charge is 2.11. The van der Waals surface area contributed by atoms with Crippen molar-refractivity contribution in [1.29, 1.82) is 0 Å². The van der Waals surface area contributed by atoms with Crippen molar-refractivity contribution in [1.82, 2.24) is 0 Å². The Morgan fingerprint density at radius 1 is 1.29 bits per heavy atom. The van der Waals surface area contributed by atoms with Gasteiger partial charge in [0.15, 0.2) is 0 Å². The van der Waals surface area contributed by atoms with Crippen LogP contribution in [0.3, 0.4) is 0 Å². The Morgan fingerprint density at radius 2 is 1.79 bits per heavy atom. The molecule has 0 aliphatic heterocycles. The number of carbonyl (C=O) groups is 1. The molecular weight excluding hydrogens is 204 g/mol. The highest BCUT2D eigenvalue weighted by atomic mass is 35.5. The van der Waals surface area contributed by atoms with E-state index in [1.165, 1.54) is 0 Å². The van der Waals surface area contributed by atoms with Crippen LogP contribution in [0.4, 0.5) is 0 Å². The molecule has 0 saturated carbocycles. The summed E-state index contributed by atoms with van der Waals surface area (Å²) in [5.41, 5.74) is 0. The minimum Gasteiger partial charge on any atom is -0.497 e. The second kappa shape index (κ2) is 4.86. The van der Waals surface area contributed by atoms with Crippen molar-refractivity contribution in [2.24, 2.45) is 0 Å². The molecule has 3 nitrogen and oxygen atoms in total. The Bertz CT molecular complexity index is 306. The van der Waals surface area contributed by atoms with E-state index < -0.39 is 11.3 Å². The summed E-state index contributed by atoms with van der Waals surface area (Å²) in [6.45, 7) is 1.56. The monoisotopic (exact) mass is 214 g/mol. The second-order valence-corrected chi connectivity index (χ2v) is 3.37. The first-order valence-electron chi connectivity index (χ1n) is 4.13. The molecule has 1 unspecified atom stereocenters. The van der Waals surface area contributed by atoms with Gasteiger partial charge in [0, 0.05) is 0 Å². The molecular formula is C10H11ClO3. The lowest BCUT2D eigenvalue weighted by Crippen LogP contribution is -2.17. The molecule has 0 heterocycles. The number of hydrogen-bond donors (Lipinski definition) is 0. The number of halogens is 1. The molecule has 0 saturated heterocycles. The van der Waals surface area contributed by atoms with Crippen LogP contribution < -0.4 is 9.47 Å². The SMILES string of the molecule is COc1ccc(OC(=O)C(C)Cl)cc1. The molecule has 0 radical (unpaired) electrons. The summed E-state index contributed by atoms with van der Waals surface area (Å²) in [7, 11) is 1.57. The predicted molar refractivity (Wildman–Crippen MR) is 53.9 cm³/mol. The third kappa shape index (κ3) is 2.92. The number of ether oxygens (including phenoxy) is 2. The largest absolute Gasteiger partial charge is 0.497 e. The summed E-state index contributed by atoms with van der Waals surface area (Å²) in [5.74, 6) is 0.712. The summed E-state index contributed by atoms with van der Waals surface area (Å²) < 4.78 is 9.90. The lowest BCUT2D eigenvalue weighted by molar-refractivity contribution is -0.133. The van der Waals surface area contributed by atoms with E-state index in [1.54, 1.807) is 38.3 Å². The van der Waals surface area contributed by atoms with Gasteiger partial charge < -0.3 is 9.47 Å². The van der Waals surface area contributed by atoms with Crippen LogP contribution in [0, 0.1) is 0 Å². The number of esters is 1. The average molecular weight is 215 g/mol. The van der Waals surface area contributed by atoms with Gasteiger partial charge in [0.1, 0.15) is 16.9 Å². The van der Waals surface area contributed by atoms with Gasteiger partial charge in [0.2, 0.25) is 0 Å². The second-order valence-electron chi connectivity index (χ2n) is 2.71. The van der Waals surface area contributed by atoms with E-state index in [0.29, 0.717) is 11.5 Å². The molecule has 1 atom stereocenters. The maximum Gasteiger partial charge on any atom is 0.329 e. The predicted octanol–water partition coefficient (Wildman–Crippen LogP) is 2.23. The molecule has 0 aliphatic carbocycles. The van der Waals surface area contributed by atoms with Gasteiger partial charge >= 0.3 is 5.97 Å². The number of rotatable bonds is 3. The summed E-state index contributed by atoms with van der Waals surface area (Å²) in [6.07, 6.45) is 0. The van der Waals surface area contributed by atoms with Crippen LogP contribution >= 0.6 is 11.6 Å². The zero-order valence-corrected chi connectivity index (χ0v) is 8.75. The molecule has 14 heavy (non-hydrogen) atoms. The Labute approximate surface area is 87.6 Å². The van der Waals surface area contributed by atoms with E-state index in [4.69, 9.17) is 21.1 Å². The maximum absolute atomic E-state index is 11.1. The Balaban J connectivity index is 2.64. The van der Waals surface area contributed by atoms with Crippen molar-refractivity contribution in [3.05, 3.63) is 24.3 Å². The van der Waals surface area contributed by atoms with Crippen molar-refractivity contribution in [2.75, 3.05) is 7.11 Å². The van der Waals surface area contributed by atoms with Gasteiger partial charge in [-0.25, -0.2) is 0 Å². The zero-order valence-electron chi connectivity index (χ0n) is 7.99. The van der Waals surface area contributed by atoms with Gasteiger partial charge in [0.05, 0.1) is 7.11 Å². The summed E-state index contributed by atoms with van der Waals surface area (Å²) in [6, 6.07) is 6.72. The van der Waals surface area contributed by atoms with E-state index in [9.17, 15) is 4.79 Å². The minimum atomic E-state index is -0.642. The van der Waals surface area contributed by atoms with Gasteiger partial charge in [0.25, 0.3) is 0 Å². The fraction of sp³-hybridized carbons (Fsp3) is 0.300. The molecule has 1 aromatic carbocycles. The molecule has 0 aliphatic rings. The number of alkyl halides is 1. The molecule has 4 heteroatoms.